The van der Waals surface area contributed by atoms with Crippen molar-refractivity contribution in [2.45, 2.75) is 18.9 Å². The van der Waals surface area contributed by atoms with E-state index in [2.05, 4.69) is 14.3 Å². The Kier molecular flexibility index (Phi) is 3.50. The number of aliphatic hydroxyl groups excluding tert-OH is 1. The smallest absolute Gasteiger partial charge is 0.205 e. The number of aliphatic hydroxyl groups is 1. The van der Waals surface area contributed by atoms with Crippen LogP contribution in [0.1, 0.15) is 12.2 Å². The van der Waals surface area contributed by atoms with Crippen molar-refractivity contribution in [1.82, 2.24) is 9.36 Å². The summed E-state index contributed by atoms with van der Waals surface area (Å²) in [5, 5.41) is 10.3. The van der Waals surface area contributed by atoms with Crippen LogP contribution in [0.3, 0.4) is 0 Å². The van der Waals surface area contributed by atoms with Crippen LogP contribution in [-0.2, 0) is 11.2 Å². The summed E-state index contributed by atoms with van der Waals surface area (Å²) in [5.74, 6) is 0.832. The normalized spacial score (nSPS) is 21.2. The van der Waals surface area contributed by atoms with Crippen LogP contribution < -0.4 is 4.90 Å². The Morgan fingerprint density at radius 3 is 3.20 bits per heavy atom. The molecule has 1 unspecified atom stereocenters. The van der Waals surface area contributed by atoms with E-state index in [9.17, 15) is 5.11 Å². The molecule has 6 heteroatoms. The molecular weight excluding hydrogens is 214 g/mol. The van der Waals surface area contributed by atoms with Crippen molar-refractivity contribution >= 4 is 16.7 Å². The highest BCUT2D eigenvalue weighted by Gasteiger charge is 2.22. The van der Waals surface area contributed by atoms with Gasteiger partial charge in [-0.2, -0.15) is 4.37 Å². The van der Waals surface area contributed by atoms with Crippen molar-refractivity contribution in [3.8, 4) is 0 Å². The lowest BCUT2D eigenvalue weighted by Gasteiger charge is -2.11. The van der Waals surface area contributed by atoms with Gasteiger partial charge in [0, 0.05) is 38.2 Å². The first kappa shape index (κ1) is 10.8. The summed E-state index contributed by atoms with van der Waals surface area (Å²) < 4.78 is 9.22. The molecule has 2 heterocycles. The van der Waals surface area contributed by atoms with E-state index in [4.69, 9.17) is 4.74 Å². The van der Waals surface area contributed by atoms with Crippen LogP contribution in [0, 0.1) is 0 Å². The molecule has 1 aliphatic rings. The number of ether oxygens (including phenoxy) is 1. The molecule has 1 saturated heterocycles. The molecule has 1 aromatic rings. The molecule has 0 radical (unpaired) electrons. The number of anilines is 1. The van der Waals surface area contributed by atoms with E-state index in [-0.39, 0.29) is 6.10 Å². The van der Waals surface area contributed by atoms with Crippen LogP contribution in [0.4, 0.5) is 5.13 Å². The zero-order valence-corrected chi connectivity index (χ0v) is 9.53. The Labute approximate surface area is 92.9 Å². The van der Waals surface area contributed by atoms with E-state index in [1.807, 2.05) is 0 Å². The fourth-order valence-electron chi connectivity index (χ4n) is 1.58. The van der Waals surface area contributed by atoms with Crippen LogP contribution in [0.2, 0.25) is 0 Å². The van der Waals surface area contributed by atoms with E-state index >= 15 is 0 Å². The van der Waals surface area contributed by atoms with Gasteiger partial charge < -0.3 is 14.7 Å². The zero-order chi connectivity index (χ0) is 10.7. The molecule has 1 fully saturated rings. The Balaban J connectivity index is 1.94. The maximum absolute atomic E-state index is 9.40. The second-order valence-corrected chi connectivity index (χ2v) is 4.35. The Morgan fingerprint density at radius 2 is 2.53 bits per heavy atom. The minimum absolute atomic E-state index is 0.212. The van der Waals surface area contributed by atoms with Crippen molar-refractivity contribution in [2.24, 2.45) is 0 Å². The maximum Gasteiger partial charge on any atom is 0.205 e. The molecule has 15 heavy (non-hydrogen) atoms. The molecule has 5 nitrogen and oxygen atoms in total. The van der Waals surface area contributed by atoms with E-state index in [1.165, 1.54) is 11.5 Å². The number of rotatable bonds is 4. The lowest BCUT2D eigenvalue weighted by molar-refractivity contribution is 0.198. The van der Waals surface area contributed by atoms with E-state index in [0.29, 0.717) is 13.2 Å². The van der Waals surface area contributed by atoms with Crippen LogP contribution >= 0.6 is 11.5 Å². The minimum Gasteiger partial charge on any atom is -0.391 e. The first-order chi connectivity index (χ1) is 7.29. The predicted octanol–water partition coefficient (Wildman–Crippen LogP) is 0.298. The highest BCUT2D eigenvalue weighted by Crippen LogP contribution is 2.22. The monoisotopic (exact) mass is 229 g/mol. The van der Waals surface area contributed by atoms with E-state index in [0.717, 1.165) is 30.3 Å². The third-order valence-corrected chi connectivity index (χ3v) is 3.24. The Bertz CT molecular complexity index is 318. The van der Waals surface area contributed by atoms with Gasteiger partial charge in [0.05, 0.1) is 12.7 Å². The first-order valence-electron chi connectivity index (χ1n) is 5.04. The summed E-state index contributed by atoms with van der Waals surface area (Å²) in [4.78, 5) is 6.49. The van der Waals surface area contributed by atoms with Crippen molar-refractivity contribution in [3.05, 3.63) is 5.82 Å². The van der Waals surface area contributed by atoms with Gasteiger partial charge in [-0.05, 0) is 6.42 Å². The highest BCUT2D eigenvalue weighted by atomic mass is 32.1. The lowest BCUT2D eigenvalue weighted by Crippen LogP contribution is -2.20. The fraction of sp³-hybridized carbons (Fsp3) is 0.778. The summed E-state index contributed by atoms with van der Waals surface area (Å²) in [6.07, 6.45) is 1.37. The van der Waals surface area contributed by atoms with E-state index in [1.54, 1.807) is 7.11 Å². The highest BCUT2D eigenvalue weighted by molar-refractivity contribution is 7.09. The second kappa shape index (κ2) is 4.87. The number of hydrogen-bond donors (Lipinski definition) is 1. The van der Waals surface area contributed by atoms with Crippen LogP contribution in [-0.4, -0.2) is 47.4 Å². The lowest BCUT2D eigenvalue weighted by atomic mass is 10.3. The van der Waals surface area contributed by atoms with Gasteiger partial charge in [0.1, 0.15) is 5.82 Å². The number of aromatic nitrogens is 2. The molecule has 84 valence electrons. The van der Waals surface area contributed by atoms with Gasteiger partial charge in [0.2, 0.25) is 5.13 Å². The maximum atomic E-state index is 9.40. The van der Waals surface area contributed by atoms with Crippen LogP contribution in [0.15, 0.2) is 0 Å². The van der Waals surface area contributed by atoms with Gasteiger partial charge in [-0.15, -0.1) is 0 Å². The Morgan fingerprint density at radius 1 is 1.67 bits per heavy atom. The van der Waals surface area contributed by atoms with Gasteiger partial charge in [-0.25, -0.2) is 4.98 Å². The van der Waals surface area contributed by atoms with Crippen LogP contribution in [0.25, 0.3) is 0 Å². The summed E-state index contributed by atoms with van der Waals surface area (Å²) in [6, 6.07) is 0. The summed E-state index contributed by atoms with van der Waals surface area (Å²) >= 11 is 1.40. The molecule has 1 atom stereocenters. The first-order valence-corrected chi connectivity index (χ1v) is 5.81. The summed E-state index contributed by atoms with van der Waals surface area (Å²) in [6.45, 7) is 2.21. The predicted molar refractivity (Wildman–Crippen MR) is 58.3 cm³/mol. The van der Waals surface area contributed by atoms with Gasteiger partial charge in [-0.3, -0.25) is 0 Å². The van der Waals surface area contributed by atoms with Crippen molar-refractivity contribution < 1.29 is 9.84 Å². The summed E-state index contributed by atoms with van der Waals surface area (Å²) in [7, 11) is 1.67. The SMILES string of the molecule is COCCc1nsc(N2CCC(O)C2)n1. The quantitative estimate of drug-likeness (QED) is 0.804. The Hall–Kier alpha value is -0.720. The fourth-order valence-corrected chi connectivity index (χ4v) is 2.33. The number of methoxy groups -OCH3 is 1. The van der Waals surface area contributed by atoms with Gasteiger partial charge in [0.25, 0.3) is 0 Å². The molecule has 0 bridgehead atoms. The topological polar surface area (TPSA) is 58.5 Å². The molecule has 0 saturated carbocycles. The molecule has 2 rings (SSSR count). The third kappa shape index (κ3) is 2.64. The van der Waals surface area contributed by atoms with Gasteiger partial charge in [0.15, 0.2) is 0 Å². The molecule has 0 aliphatic carbocycles. The molecule has 0 spiro atoms. The summed E-state index contributed by atoms with van der Waals surface area (Å²) in [5.41, 5.74) is 0. The molecule has 1 N–H and O–H groups in total. The average molecular weight is 229 g/mol. The number of hydrogen-bond acceptors (Lipinski definition) is 6. The van der Waals surface area contributed by atoms with Gasteiger partial charge >= 0.3 is 0 Å². The number of nitrogens with zero attached hydrogens (tertiary/aromatic N) is 3. The molecular formula is C9H15N3O2S. The average Bonchev–Trinajstić information content (AvgIpc) is 2.83. The minimum atomic E-state index is -0.212. The molecule has 1 aliphatic heterocycles. The van der Waals surface area contributed by atoms with Crippen molar-refractivity contribution in [1.29, 1.82) is 0 Å². The standard InChI is InChI=1S/C9H15N3O2S/c1-14-5-3-8-10-9(15-11-8)12-4-2-7(13)6-12/h7,13H,2-6H2,1H3. The molecule has 0 aromatic carbocycles. The number of β-amino-alcohol motifs (C(OH)–C–C–N with tert-alkyl or cyclic N) is 1. The van der Waals surface area contributed by atoms with E-state index < -0.39 is 0 Å². The van der Waals surface area contributed by atoms with Crippen molar-refractivity contribution in [2.75, 3.05) is 31.7 Å². The second-order valence-electron chi connectivity index (χ2n) is 3.62. The van der Waals surface area contributed by atoms with Crippen LogP contribution in [0.5, 0.6) is 0 Å². The van der Waals surface area contributed by atoms with Crippen molar-refractivity contribution in [3.63, 3.8) is 0 Å². The van der Waals surface area contributed by atoms with Gasteiger partial charge in [-0.1, -0.05) is 0 Å². The third-order valence-electron chi connectivity index (χ3n) is 2.42. The molecule has 0 amide bonds. The zero-order valence-electron chi connectivity index (χ0n) is 8.72. The molecule has 1 aromatic heterocycles. The largest absolute Gasteiger partial charge is 0.391 e.